The number of nitrogens with zero attached hydrogens (tertiary/aromatic N) is 1. The van der Waals surface area contributed by atoms with E-state index < -0.39 is 0 Å². The molecule has 1 aromatic carbocycles. The Hall–Kier alpha value is -1.32. The van der Waals surface area contributed by atoms with Gasteiger partial charge in [-0.3, -0.25) is 4.79 Å². The van der Waals surface area contributed by atoms with E-state index in [0.29, 0.717) is 10.6 Å². The molecule has 86 valence electrons. The predicted molar refractivity (Wildman–Crippen MR) is 69.8 cm³/mol. The van der Waals surface area contributed by atoms with E-state index in [1.54, 1.807) is 18.3 Å². The topological polar surface area (TPSA) is 30.0 Å². The van der Waals surface area contributed by atoms with Gasteiger partial charge in [0.2, 0.25) is 0 Å². The monoisotopic (exact) mass is 263 g/mol. The maximum absolute atomic E-state index is 11.2. The summed E-state index contributed by atoms with van der Waals surface area (Å²) in [5.74, 6) is 0.0151. The van der Waals surface area contributed by atoms with Gasteiger partial charge in [-0.1, -0.05) is 35.5 Å². The molecule has 4 heteroatoms. The lowest BCUT2D eigenvalue weighted by atomic mass is 10.1. The molecule has 0 aliphatic rings. The molecular formula is C13H10ClNOS. The number of Topliss-reactive ketones (excluding diaryl/α,β-unsaturated/α-hetero) is 1. The highest BCUT2D eigenvalue weighted by molar-refractivity contribution is 7.99. The van der Waals surface area contributed by atoms with Crippen molar-refractivity contribution in [3.8, 4) is 0 Å². The van der Waals surface area contributed by atoms with Gasteiger partial charge >= 0.3 is 0 Å². The third-order valence-corrected chi connectivity index (χ3v) is 3.64. The molecule has 0 amide bonds. The molecule has 1 heterocycles. The van der Waals surface area contributed by atoms with Crippen molar-refractivity contribution >= 4 is 29.1 Å². The first-order chi connectivity index (χ1) is 8.16. The van der Waals surface area contributed by atoms with Crippen molar-refractivity contribution in [3.63, 3.8) is 0 Å². The second kappa shape index (κ2) is 5.34. The Kier molecular flexibility index (Phi) is 3.82. The first kappa shape index (κ1) is 12.1. The van der Waals surface area contributed by atoms with Crippen LogP contribution in [0.2, 0.25) is 5.02 Å². The molecule has 0 aliphatic heterocycles. The summed E-state index contributed by atoms with van der Waals surface area (Å²) in [6.45, 7) is 1.53. The minimum absolute atomic E-state index is 0.0151. The number of ketones is 1. The molecule has 2 nitrogen and oxygen atoms in total. The van der Waals surface area contributed by atoms with E-state index in [-0.39, 0.29) is 5.78 Å². The Morgan fingerprint density at radius 3 is 2.71 bits per heavy atom. The summed E-state index contributed by atoms with van der Waals surface area (Å²) in [7, 11) is 0. The van der Waals surface area contributed by atoms with E-state index in [1.165, 1.54) is 18.7 Å². The summed E-state index contributed by atoms with van der Waals surface area (Å²) in [6, 6.07) is 11.0. The molecule has 17 heavy (non-hydrogen) atoms. The SMILES string of the molecule is CC(=O)c1ccc(Sc2ccccn2)c(Cl)c1. The van der Waals surface area contributed by atoms with Crippen molar-refractivity contribution in [1.29, 1.82) is 0 Å². The second-order valence-corrected chi connectivity index (χ2v) is 4.94. The van der Waals surface area contributed by atoms with Crippen LogP contribution in [0.15, 0.2) is 52.5 Å². The molecule has 0 N–H and O–H groups in total. The Morgan fingerprint density at radius 1 is 1.29 bits per heavy atom. The van der Waals surface area contributed by atoms with Gasteiger partial charge in [0.15, 0.2) is 5.78 Å². The first-order valence-electron chi connectivity index (χ1n) is 5.06. The molecule has 0 saturated heterocycles. The molecule has 2 rings (SSSR count). The van der Waals surface area contributed by atoms with Gasteiger partial charge < -0.3 is 0 Å². The number of carbonyl (C=O) groups is 1. The third kappa shape index (κ3) is 3.08. The van der Waals surface area contributed by atoms with Crippen LogP contribution in [0.5, 0.6) is 0 Å². The van der Waals surface area contributed by atoms with Crippen LogP contribution in [0.25, 0.3) is 0 Å². The highest BCUT2D eigenvalue weighted by atomic mass is 35.5. The fourth-order valence-corrected chi connectivity index (χ4v) is 2.40. The van der Waals surface area contributed by atoms with Gasteiger partial charge in [0.25, 0.3) is 0 Å². The quantitative estimate of drug-likeness (QED) is 0.782. The van der Waals surface area contributed by atoms with Crippen LogP contribution in [-0.2, 0) is 0 Å². The lowest BCUT2D eigenvalue weighted by molar-refractivity contribution is 0.101. The fraction of sp³-hybridized carbons (Fsp3) is 0.0769. The van der Waals surface area contributed by atoms with Gasteiger partial charge in [-0.25, -0.2) is 4.98 Å². The Morgan fingerprint density at radius 2 is 2.12 bits per heavy atom. The standard InChI is InChI=1S/C13H10ClNOS/c1-9(16)10-5-6-12(11(14)8-10)17-13-4-2-3-7-15-13/h2-8H,1H3. The zero-order valence-electron chi connectivity index (χ0n) is 9.18. The summed E-state index contributed by atoms with van der Waals surface area (Å²) < 4.78 is 0. The van der Waals surface area contributed by atoms with Gasteiger partial charge in [0, 0.05) is 16.7 Å². The van der Waals surface area contributed by atoms with E-state index >= 15 is 0 Å². The van der Waals surface area contributed by atoms with Gasteiger partial charge in [0.05, 0.1) is 5.02 Å². The molecule has 0 spiro atoms. The maximum Gasteiger partial charge on any atom is 0.159 e. The number of aromatic nitrogens is 1. The first-order valence-corrected chi connectivity index (χ1v) is 6.25. The second-order valence-electron chi connectivity index (χ2n) is 3.47. The number of halogens is 1. The van der Waals surface area contributed by atoms with E-state index in [9.17, 15) is 4.79 Å². The lowest BCUT2D eigenvalue weighted by Gasteiger charge is -2.04. The van der Waals surface area contributed by atoms with Crippen LogP contribution in [0.3, 0.4) is 0 Å². The minimum Gasteiger partial charge on any atom is -0.295 e. The fourth-order valence-electron chi connectivity index (χ4n) is 1.32. The van der Waals surface area contributed by atoms with E-state index in [0.717, 1.165) is 9.92 Å². The van der Waals surface area contributed by atoms with Crippen molar-refractivity contribution in [3.05, 3.63) is 53.2 Å². The molecule has 0 aliphatic carbocycles. The Bertz CT molecular complexity index is 542. The van der Waals surface area contributed by atoms with Crippen LogP contribution in [0, 0.1) is 0 Å². The van der Waals surface area contributed by atoms with Crippen molar-refractivity contribution in [2.24, 2.45) is 0 Å². The van der Waals surface area contributed by atoms with Crippen molar-refractivity contribution < 1.29 is 4.79 Å². The number of pyridine rings is 1. The molecule has 0 radical (unpaired) electrons. The van der Waals surface area contributed by atoms with Gasteiger partial charge in [-0.05, 0) is 31.2 Å². The average molecular weight is 264 g/mol. The van der Waals surface area contributed by atoms with Crippen LogP contribution >= 0.6 is 23.4 Å². The Balaban J connectivity index is 2.26. The summed E-state index contributed by atoms with van der Waals surface area (Å²) in [5.41, 5.74) is 0.625. The zero-order chi connectivity index (χ0) is 12.3. The summed E-state index contributed by atoms with van der Waals surface area (Å²) in [4.78, 5) is 16.3. The predicted octanol–water partition coefficient (Wildman–Crippen LogP) is 4.09. The molecule has 2 aromatic rings. The smallest absolute Gasteiger partial charge is 0.159 e. The molecule has 0 bridgehead atoms. The minimum atomic E-state index is 0.0151. The zero-order valence-corrected chi connectivity index (χ0v) is 10.8. The maximum atomic E-state index is 11.2. The summed E-state index contributed by atoms with van der Waals surface area (Å²) >= 11 is 7.60. The molecule has 0 unspecified atom stereocenters. The summed E-state index contributed by atoms with van der Waals surface area (Å²) in [6.07, 6.45) is 1.74. The molecule has 0 saturated carbocycles. The van der Waals surface area contributed by atoms with Crippen LogP contribution < -0.4 is 0 Å². The van der Waals surface area contributed by atoms with E-state index in [2.05, 4.69) is 4.98 Å². The highest BCUT2D eigenvalue weighted by Gasteiger charge is 2.06. The number of hydrogen-bond donors (Lipinski definition) is 0. The van der Waals surface area contributed by atoms with Crippen LogP contribution in [-0.4, -0.2) is 10.8 Å². The molecule has 1 aromatic heterocycles. The number of carbonyl (C=O) groups excluding carboxylic acids is 1. The van der Waals surface area contributed by atoms with Gasteiger partial charge in [-0.15, -0.1) is 0 Å². The van der Waals surface area contributed by atoms with Crippen molar-refractivity contribution in [1.82, 2.24) is 4.98 Å². The van der Waals surface area contributed by atoms with Crippen molar-refractivity contribution in [2.45, 2.75) is 16.8 Å². The molecular weight excluding hydrogens is 254 g/mol. The van der Waals surface area contributed by atoms with Crippen LogP contribution in [0.1, 0.15) is 17.3 Å². The number of rotatable bonds is 3. The Labute approximate surface area is 109 Å². The highest BCUT2D eigenvalue weighted by Crippen LogP contribution is 2.32. The molecule has 0 atom stereocenters. The lowest BCUT2D eigenvalue weighted by Crippen LogP contribution is -1.91. The summed E-state index contributed by atoms with van der Waals surface area (Å²) in [5, 5.41) is 1.46. The van der Waals surface area contributed by atoms with Crippen LogP contribution in [0.4, 0.5) is 0 Å². The molecule has 0 fully saturated rings. The van der Waals surface area contributed by atoms with E-state index in [4.69, 9.17) is 11.6 Å². The number of benzene rings is 1. The van der Waals surface area contributed by atoms with E-state index in [1.807, 2.05) is 24.3 Å². The van der Waals surface area contributed by atoms with Gasteiger partial charge in [0.1, 0.15) is 5.03 Å². The van der Waals surface area contributed by atoms with Gasteiger partial charge in [-0.2, -0.15) is 0 Å². The normalized spacial score (nSPS) is 10.2. The largest absolute Gasteiger partial charge is 0.295 e. The van der Waals surface area contributed by atoms with Crippen molar-refractivity contribution in [2.75, 3.05) is 0 Å². The average Bonchev–Trinajstić information content (AvgIpc) is 2.33. The third-order valence-electron chi connectivity index (χ3n) is 2.19. The number of hydrogen-bond acceptors (Lipinski definition) is 3.